The number of benzene rings is 2. The average Bonchev–Trinajstić information content (AvgIpc) is 2.65. The van der Waals surface area contributed by atoms with Gasteiger partial charge in [-0.2, -0.15) is 0 Å². The fourth-order valence-electron chi connectivity index (χ4n) is 2.36. The number of nitrogens with zero attached hydrogens (tertiary/aromatic N) is 1. The molecule has 0 amide bonds. The molecular formula is C19H19NO4. The summed E-state index contributed by atoms with van der Waals surface area (Å²) in [5, 5.41) is 0. The summed E-state index contributed by atoms with van der Waals surface area (Å²) in [6, 6.07) is 18.6. The lowest BCUT2D eigenvalue weighted by Gasteiger charge is -2.25. The Bertz CT molecular complexity index is 720. The van der Waals surface area contributed by atoms with E-state index in [-0.39, 0.29) is 5.57 Å². The van der Waals surface area contributed by atoms with Crippen LogP contribution in [0.3, 0.4) is 0 Å². The molecule has 0 saturated heterocycles. The van der Waals surface area contributed by atoms with Crippen molar-refractivity contribution in [3.05, 3.63) is 71.8 Å². The van der Waals surface area contributed by atoms with Crippen molar-refractivity contribution in [3.63, 3.8) is 0 Å². The molecule has 0 heterocycles. The monoisotopic (exact) mass is 325 g/mol. The molecule has 0 unspecified atom stereocenters. The van der Waals surface area contributed by atoms with Crippen LogP contribution in [0.1, 0.15) is 5.56 Å². The van der Waals surface area contributed by atoms with Crippen molar-refractivity contribution in [3.8, 4) is 0 Å². The van der Waals surface area contributed by atoms with Gasteiger partial charge in [-0.15, -0.1) is 0 Å². The number of hydrogen-bond acceptors (Lipinski definition) is 5. The van der Waals surface area contributed by atoms with Crippen LogP contribution in [0.5, 0.6) is 0 Å². The SMILES string of the molecule is COC(=O)C(C(=O)OC)=C(c1ccccc1)N(C)c1ccccc1. The predicted molar refractivity (Wildman–Crippen MR) is 92.2 cm³/mol. The van der Waals surface area contributed by atoms with Gasteiger partial charge in [-0.25, -0.2) is 9.59 Å². The van der Waals surface area contributed by atoms with E-state index in [9.17, 15) is 9.59 Å². The van der Waals surface area contributed by atoms with Crippen molar-refractivity contribution in [2.24, 2.45) is 0 Å². The summed E-state index contributed by atoms with van der Waals surface area (Å²) in [6.45, 7) is 0. The quantitative estimate of drug-likeness (QED) is 0.366. The minimum Gasteiger partial charge on any atom is -0.465 e. The number of para-hydroxylation sites is 1. The third-order valence-electron chi connectivity index (χ3n) is 3.54. The van der Waals surface area contributed by atoms with Gasteiger partial charge in [0, 0.05) is 12.7 Å². The number of carbonyl (C=O) groups excluding carboxylic acids is 2. The summed E-state index contributed by atoms with van der Waals surface area (Å²) < 4.78 is 9.60. The molecule has 0 saturated carbocycles. The first kappa shape index (κ1) is 17.3. The van der Waals surface area contributed by atoms with Crippen molar-refractivity contribution >= 4 is 23.3 Å². The second-order valence-electron chi connectivity index (χ2n) is 4.97. The molecule has 24 heavy (non-hydrogen) atoms. The number of hydrogen-bond donors (Lipinski definition) is 0. The Balaban J connectivity index is 2.72. The van der Waals surface area contributed by atoms with E-state index in [0.717, 1.165) is 5.69 Å². The molecule has 0 fully saturated rings. The van der Waals surface area contributed by atoms with Gasteiger partial charge in [0.15, 0.2) is 5.57 Å². The maximum atomic E-state index is 12.3. The van der Waals surface area contributed by atoms with E-state index in [1.165, 1.54) is 14.2 Å². The molecule has 2 rings (SSSR count). The Morgan fingerprint density at radius 2 is 1.25 bits per heavy atom. The van der Waals surface area contributed by atoms with Gasteiger partial charge in [0.25, 0.3) is 0 Å². The van der Waals surface area contributed by atoms with Gasteiger partial charge in [0.05, 0.1) is 19.9 Å². The average molecular weight is 325 g/mol. The fourth-order valence-corrected chi connectivity index (χ4v) is 2.36. The molecule has 5 heteroatoms. The van der Waals surface area contributed by atoms with Crippen LogP contribution in [0.25, 0.3) is 5.70 Å². The van der Waals surface area contributed by atoms with E-state index in [1.807, 2.05) is 60.7 Å². The number of carbonyl (C=O) groups is 2. The van der Waals surface area contributed by atoms with E-state index < -0.39 is 11.9 Å². The minimum absolute atomic E-state index is 0.155. The van der Waals surface area contributed by atoms with Crippen LogP contribution in [0.2, 0.25) is 0 Å². The maximum Gasteiger partial charge on any atom is 0.347 e. The first-order valence-corrected chi connectivity index (χ1v) is 7.35. The first-order valence-electron chi connectivity index (χ1n) is 7.35. The highest BCUT2D eigenvalue weighted by atomic mass is 16.5. The van der Waals surface area contributed by atoms with Gasteiger partial charge < -0.3 is 14.4 Å². The fraction of sp³-hybridized carbons (Fsp3) is 0.158. The molecule has 5 nitrogen and oxygen atoms in total. The third-order valence-corrected chi connectivity index (χ3v) is 3.54. The minimum atomic E-state index is -0.747. The van der Waals surface area contributed by atoms with Crippen LogP contribution in [0.15, 0.2) is 66.2 Å². The van der Waals surface area contributed by atoms with Crippen molar-refractivity contribution in [2.45, 2.75) is 0 Å². The molecule has 0 aromatic heterocycles. The van der Waals surface area contributed by atoms with Crippen LogP contribution in [0, 0.1) is 0 Å². The Morgan fingerprint density at radius 1 is 0.792 bits per heavy atom. The van der Waals surface area contributed by atoms with Crippen LogP contribution in [-0.2, 0) is 19.1 Å². The first-order chi connectivity index (χ1) is 11.6. The van der Waals surface area contributed by atoms with Gasteiger partial charge in [0.1, 0.15) is 0 Å². The van der Waals surface area contributed by atoms with Crippen LogP contribution < -0.4 is 4.90 Å². The Kier molecular flexibility index (Phi) is 5.73. The highest BCUT2D eigenvalue weighted by Gasteiger charge is 2.28. The molecule has 0 N–H and O–H groups in total. The summed E-state index contributed by atoms with van der Waals surface area (Å²) in [6.07, 6.45) is 0. The van der Waals surface area contributed by atoms with Crippen molar-refractivity contribution in [2.75, 3.05) is 26.2 Å². The second-order valence-corrected chi connectivity index (χ2v) is 4.97. The molecule has 0 spiro atoms. The molecule has 0 aliphatic heterocycles. The molecule has 0 aliphatic carbocycles. The van der Waals surface area contributed by atoms with E-state index in [0.29, 0.717) is 11.3 Å². The molecule has 124 valence electrons. The van der Waals surface area contributed by atoms with Crippen LogP contribution in [-0.4, -0.2) is 33.2 Å². The Hall–Kier alpha value is -3.08. The molecule has 0 atom stereocenters. The normalized spacial score (nSPS) is 9.79. The van der Waals surface area contributed by atoms with E-state index >= 15 is 0 Å². The number of methoxy groups -OCH3 is 2. The second kappa shape index (κ2) is 7.97. The number of esters is 2. The van der Waals surface area contributed by atoms with Crippen molar-refractivity contribution < 1.29 is 19.1 Å². The van der Waals surface area contributed by atoms with Gasteiger partial charge in [0.2, 0.25) is 0 Å². The van der Waals surface area contributed by atoms with Gasteiger partial charge >= 0.3 is 11.9 Å². The van der Waals surface area contributed by atoms with Gasteiger partial charge in [-0.3, -0.25) is 0 Å². The summed E-state index contributed by atoms with van der Waals surface area (Å²) >= 11 is 0. The molecule has 2 aromatic rings. The zero-order valence-corrected chi connectivity index (χ0v) is 13.9. The number of anilines is 1. The van der Waals surface area contributed by atoms with Gasteiger partial charge in [-0.1, -0.05) is 48.5 Å². The number of rotatable bonds is 5. The topological polar surface area (TPSA) is 55.8 Å². The van der Waals surface area contributed by atoms with Crippen LogP contribution >= 0.6 is 0 Å². The molecule has 0 bridgehead atoms. The lowest BCUT2D eigenvalue weighted by Crippen LogP contribution is -2.25. The molecular weight excluding hydrogens is 306 g/mol. The lowest BCUT2D eigenvalue weighted by molar-refractivity contribution is -0.143. The van der Waals surface area contributed by atoms with Gasteiger partial charge in [-0.05, 0) is 17.7 Å². The van der Waals surface area contributed by atoms with Crippen molar-refractivity contribution in [1.82, 2.24) is 0 Å². The van der Waals surface area contributed by atoms with E-state index in [2.05, 4.69) is 0 Å². The smallest absolute Gasteiger partial charge is 0.347 e. The highest BCUT2D eigenvalue weighted by molar-refractivity contribution is 6.21. The third kappa shape index (κ3) is 3.63. The van der Waals surface area contributed by atoms with Crippen molar-refractivity contribution in [1.29, 1.82) is 0 Å². The molecule has 0 radical (unpaired) electrons. The lowest BCUT2D eigenvalue weighted by atomic mass is 10.0. The largest absolute Gasteiger partial charge is 0.465 e. The Labute approximate surface area is 141 Å². The molecule has 0 aliphatic rings. The Morgan fingerprint density at radius 3 is 1.71 bits per heavy atom. The summed E-state index contributed by atoms with van der Waals surface area (Å²) in [4.78, 5) is 26.3. The van der Waals surface area contributed by atoms with Crippen LogP contribution in [0.4, 0.5) is 5.69 Å². The maximum absolute atomic E-state index is 12.3. The summed E-state index contributed by atoms with van der Waals surface area (Å²) in [5.74, 6) is -1.49. The number of ether oxygens (including phenoxy) is 2. The zero-order chi connectivity index (χ0) is 17.5. The zero-order valence-electron chi connectivity index (χ0n) is 13.9. The summed E-state index contributed by atoms with van der Waals surface area (Å²) in [5.41, 5.74) is 1.79. The highest BCUT2D eigenvalue weighted by Crippen LogP contribution is 2.28. The molecule has 2 aromatic carbocycles. The standard InChI is InChI=1S/C19H19NO4/c1-20(15-12-8-5-9-13-15)17(14-10-6-4-7-11-14)16(18(21)23-2)19(22)24-3/h4-13H,1-3H3. The summed E-state index contributed by atoms with van der Waals surface area (Å²) in [7, 11) is 4.25. The van der Waals surface area contributed by atoms with E-state index in [4.69, 9.17) is 9.47 Å². The van der Waals surface area contributed by atoms with E-state index in [1.54, 1.807) is 11.9 Å². The predicted octanol–water partition coefficient (Wildman–Crippen LogP) is 2.88.